The Kier molecular flexibility index (Phi) is 6.57. The lowest BCUT2D eigenvalue weighted by Crippen LogP contribution is -2.25. The molecular weight excluding hydrogens is 378 g/mol. The van der Waals surface area contributed by atoms with Gasteiger partial charge in [0.1, 0.15) is 0 Å². The topological polar surface area (TPSA) is 65.4 Å². The van der Waals surface area contributed by atoms with E-state index in [-0.39, 0.29) is 11.9 Å². The van der Waals surface area contributed by atoms with Gasteiger partial charge in [-0.25, -0.2) is 4.68 Å². The highest BCUT2D eigenvalue weighted by Crippen LogP contribution is 2.28. The third-order valence-electron chi connectivity index (χ3n) is 5.05. The van der Waals surface area contributed by atoms with Gasteiger partial charge in [0.05, 0.1) is 32.1 Å². The Morgan fingerprint density at radius 1 is 1.10 bits per heavy atom. The molecule has 156 valence electrons. The zero-order valence-electron chi connectivity index (χ0n) is 18.0. The molecule has 2 aromatic carbocycles. The van der Waals surface area contributed by atoms with Crippen LogP contribution in [0.3, 0.4) is 0 Å². The molecule has 1 N–H and O–H groups in total. The number of para-hydroxylation sites is 1. The molecule has 0 radical (unpaired) electrons. The van der Waals surface area contributed by atoms with Gasteiger partial charge in [-0.3, -0.25) is 4.79 Å². The molecule has 6 heteroatoms. The van der Waals surface area contributed by atoms with Crippen LogP contribution in [-0.2, 0) is 4.79 Å². The van der Waals surface area contributed by atoms with E-state index in [9.17, 15) is 4.79 Å². The lowest BCUT2D eigenvalue weighted by atomic mass is 10.1. The van der Waals surface area contributed by atoms with E-state index in [0.29, 0.717) is 11.5 Å². The van der Waals surface area contributed by atoms with Crippen molar-refractivity contribution in [1.29, 1.82) is 0 Å². The average Bonchev–Trinajstić information content (AvgIpc) is 3.13. The minimum atomic E-state index is -0.180. The molecule has 0 aliphatic carbocycles. The molecule has 1 unspecified atom stereocenters. The number of aromatic nitrogens is 2. The first kappa shape index (κ1) is 21.2. The van der Waals surface area contributed by atoms with E-state index in [1.165, 1.54) is 6.08 Å². The monoisotopic (exact) mass is 405 g/mol. The fourth-order valence-electron chi connectivity index (χ4n) is 3.36. The van der Waals surface area contributed by atoms with Gasteiger partial charge in [0, 0.05) is 17.3 Å². The number of methoxy groups -OCH3 is 2. The molecule has 1 atom stereocenters. The molecule has 1 aromatic heterocycles. The smallest absolute Gasteiger partial charge is 0.244 e. The molecule has 3 aromatic rings. The van der Waals surface area contributed by atoms with Crippen molar-refractivity contribution in [2.45, 2.75) is 26.8 Å². The number of benzene rings is 2. The summed E-state index contributed by atoms with van der Waals surface area (Å²) in [6, 6.07) is 13.4. The molecule has 0 saturated heterocycles. The Morgan fingerprint density at radius 3 is 2.53 bits per heavy atom. The first-order valence-electron chi connectivity index (χ1n) is 9.75. The number of carbonyl (C=O) groups is 1. The minimum Gasteiger partial charge on any atom is -0.493 e. The number of aryl methyl sites for hydroxylation is 1. The first-order chi connectivity index (χ1) is 14.4. The number of hydrogen-bond donors (Lipinski definition) is 1. The zero-order valence-corrected chi connectivity index (χ0v) is 18.0. The van der Waals surface area contributed by atoms with Crippen molar-refractivity contribution in [3.05, 3.63) is 77.1 Å². The van der Waals surface area contributed by atoms with Gasteiger partial charge in [-0.1, -0.05) is 24.3 Å². The van der Waals surface area contributed by atoms with E-state index in [4.69, 9.17) is 9.47 Å². The van der Waals surface area contributed by atoms with E-state index >= 15 is 0 Å². The predicted molar refractivity (Wildman–Crippen MR) is 118 cm³/mol. The van der Waals surface area contributed by atoms with Crippen LogP contribution in [0.4, 0.5) is 0 Å². The summed E-state index contributed by atoms with van der Waals surface area (Å²) in [5.41, 5.74) is 5.00. The molecular formula is C24H27N3O3. The van der Waals surface area contributed by atoms with Crippen molar-refractivity contribution < 1.29 is 14.3 Å². The van der Waals surface area contributed by atoms with Crippen LogP contribution < -0.4 is 14.8 Å². The van der Waals surface area contributed by atoms with Gasteiger partial charge in [-0.2, -0.15) is 5.10 Å². The second-order valence-electron chi connectivity index (χ2n) is 7.06. The number of hydrogen-bond acceptors (Lipinski definition) is 4. The van der Waals surface area contributed by atoms with Crippen molar-refractivity contribution in [2.24, 2.45) is 0 Å². The van der Waals surface area contributed by atoms with Crippen LogP contribution in [0.1, 0.15) is 35.3 Å². The molecule has 0 spiro atoms. The van der Waals surface area contributed by atoms with Crippen LogP contribution in [0, 0.1) is 13.8 Å². The van der Waals surface area contributed by atoms with Crippen LogP contribution in [0.2, 0.25) is 0 Å². The quantitative estimate of drug-likeness (QED) is 0.592. The van der Waals surface area contributed by atoms with Crippen LogP contribution in [0.5, 0.6) is 11.5 Å². The highest BCUT2D eigenvalue weighted by molar-refractivity contribution is 5.92. The van der Waals surface area contributed by atoms with Gasteiger partial charge in [-0.15, -0.1) is 0 Å². The van der Waals surface area contributed by atoms with Crippen molar-refractivity contribution in [3.8, 4) is 17.2 Å². The third kappa shape index (κ3) is 4.54. The van der Waals surface area contributed by atoms with Gasteiger partial charge in [0.15, 0.2) is 11.5 Å². The maximum atomic E-state index is 12.4. The summed E-state index contributed by atoms with van der Waals surface area (Å²) in [4.78, 5) is 12.4. The fraction of sp³-hybridized carbons (Fsp3) is 0.250. The van der Waals surface area contributed by atoms with E-state index < -0.39 is 0 Å². The standard InChI is InChI=1S/C24H27N3O3/c1-16-8-6-7-9-21(16)27-18(3)20(15-25-27)17(2)26-24(28)13-11-19-10-12-22(29-4)23(14-19)30-5/h6-15,17H,1-5H3,(H,26,28). The molecule has 3 rings (SSSR count). The van der Waals surface area contributed by atoms with E-state index in [1.807, 2.05) is 61.1 Å². The lowest BCUT2D eigenvalue weighted by molar-refractivity contribution is -0.117. The Morgan fingerprint density at radius 2 is 1.83 bits per heavy atom. The maximum absolute atomic E-state index is 12.4. The van der Waals surface area contributed by atoms with E-state index in [2.05, 4.69) is 23.4 Å². The highest BCUT2D eigenvalue weighted by Gasteiger charge is 2.16. The van der Waals surface area contributed by atoms with Gasteiger partial charge in [0.2, 0.25) is 5.91 Å². The van der Waals surface area contributed by atoms with Gasteiger partial charge < -0.3 is 14.8 Å². The number of rotatable bonds is 7. The summed E-state index contributed by atoms with van der Waals surface area (Å²) in [5, 5.41) is 7.53. The Bertz CT molecular complexity index is 1070. The summed E-state index contributed by atoms with van der Waals surface area (Å²) < 4.78 is 12.4. The second-order valence-corrected chi connectivity index (χ2v) is 7.06. The molecule has 1 amide bonds. The molecule has 0 aliphatic heterocycles. The number of nitrogens with one attached hydrogen (secondary N) is 1. The van der Waals surface area contributed by atoms with Crippen molar-refractivity contribution in [3.63, 3.8) is 0 Å². The van der Waals surface area contributed by atoms with Gasteiger partial charge in [-0.05, 0) is 56.2 Å². The molecule has 30 heavy (non-hydrogen) atoms. The molecule has 0 saturated carbocycles. The van der Waals surface area contributed by atoms with Crippen LogP contribution >= 0.6 is 0 Å². The molecule has 0 bridgehead atoms. The van der Waals surface area contributed by atoms with Gasteiger partial charge >= 0.3 is 0 Å². The predicted octanol–water partition coefficient (Wildman–Crippen LogP) is 4.40. The Balaban J connectivity index is 1.71. The number of amides is 1. The van der Waals surface area contributed by atoms with Crippen molar-refractivity contribution >= 4 is 12.0 Å². The largest absolute Gasteiger partial charge is 0.493 e. The van der Waals surface area contributed by atoms with Crippen LogP contribution in [-0.4, -0.2) is 29.9 Å². The Hall–Kier alpha value is -3.54. The summed E-state index contributed by atoms with van der Waals surface area (Å²) in [5.74, 6) is 1.09. The molecule has 6 nitrogen and oxygen atoms in total. The number of nitrogens with zero attached hydrogens (tertiary/aromatic N) is 2. The third-order valence-corrected chi connectivity index (χ3v) is 5.05. The maximum Gasteiger partial charge on any atom is 0.244 e. The Labute approximate surface area is 177 Å². The summed E-state index contributed by atoms with van der Waals surface area (Å²) >= 11 is 0. The zero-order chi connectivity index (χ0) is 21.7. The number of ether oxygens (including phenoxy) is 2. The normalized spacial score (nSPS) is 12.0. The summed E-state index contributed by atoms with van der Waals surface area (Å²) in [6.45, 7) is 6.02. The average molecular weight is 405 g/mol. The molecule has 0 aliphatic rings. The number of carbonyl (C=O) groups excluding carboxylic acids is 1. The summed E-state index contributed by atoms with van der Waals surface area (Å²) in [6.07, 6.45) is 5.07. The van der Waals surface area contributed by atoms with E-state index in [0.717, 1.165) is 28.1 Å². The summed E-state index contributed by atoms with van der Waals surface area (Å²) in [7, 11) is 3.17. The van der Waals surface area contributed by atoms with Crippen molar-refractivity contribution in [2.75, 3.05) is 14.2 Å². The first-order valence-corrected chi connectivity index (χ1v) is 9.75. The van der Waals surface area contributed by atoms with Gasteiger partial charge in [0.25, 0.3) is 0 Å². The fourth-order valence-corrected chi connectivity index (χ4v) is 3.36. The van der Waals surface area contributed by atoms with Crippen LogP contribution in [0.25, 0.3) is 11.8 Å². The van der Waals surface area contributed by atoms with Crippen molar-refractivity contribution in [1.82, 2.24) is 15.1 Å². The molecule has 0 fully saturated rings. The van der Waals surface area contributed by atoms with E-state index in [1.54, 1.807) is 20.3 Å². The minimum absolute atomic E-state index is 0.176. The molecule has 1 heterocycles. The SMILES string of the molecule is COc1ccc(C=CC(=O)NC(C)c2cnn(-c3ccccc3C)c2C)cc1OC. The van der Waals surface area contributed by atoms with Crippen LogP contribution in [0.15, 0.2) is 54.7 Å². The second kappa shape index (κ2) is 9.31. The highest BCUT2D eigenvalue weighted by atomic mass is 16.5. The lowest BCUT2D eigenvalue weighted by Gasteiger charge is -2.13.